The molecule has 37 heavy (non-hydrogen) atoms. The van der Waals surface area contributed by atoms with Crippen molar-refractivity contribution < 1.29 is 9.13 Å². The average molecular weight is 499 g/mol. The van der Waals surface area contributed by atoms with Crippen molar-refractivity contribution in [1.82, 2.24) is 30.1 Å². The molecule has 8 nitrogen and oxygen atoms in total. The highest BCUT2D eigenvalue weighted by Crippen LogP contribution is 2.18. The number of halogens is 1. The fourth-order valence-electron chi connectivity index (χ4n) is 4.30. The largest absolute Gasteiger partial charge is 0.497 e. The monoisotopic (exact) mass is 498 g/mol. The number of H-pyrrole nitrogens is 1. The third-order valence-corrected chi connectivity index (χ3v) is 6.25. The third-order valence-electron chi connectivity index (χ3n) is 6.25. The molecule has 3 aromatic carbocycles. The van der Waals surface area contributed by atoms with Gasteiger partial charge in [-0.2, -0.15) is 0 Å². The minimum Gasteiger partial charge on any atom is -0.497 e. The zero-order chi connectivity index (χ0) is 25.8. The maximum Gasteiger partial charge on any atom is 0.252 e. The Hall–Kier alpha value is -4.37. The normalized spacial score (nSPS) is 11.4. The number of methoxy groups -OCH3 is 1. The molecule has 0 aliphatic heterocycles. The minimum absolute atomic E-state index is 0.122. The zero-order valence-corrected chi connectivity index (χ0v) is 20.7. The molecule has 0 saturated heterocycles. The van der Waals surface area contributed by atoms with E-state index in [1.807, 2.05) is 55.5 Å². The number of pyridine rings is 1. The lowest BCUT2D eigenvalue weighted by atomic mass is 10.1. The van der Waals surface area contributed by atoms with Crippen molar-refractivity contribution in [3.05, 3.63) is 117 Å². The Balaban J connectivity index is 1.43. The molecule has 9 heteroatoms. The molecule has 0 spiro atoms. The number of hydrogen-bond donors (Lipinski definition) is 1. The maximum absolute atomic E-state index is 13.3. The number of aromatic nitrogens is 5. The van der Waals surface area contributed by atoms with E-state index in [4.69, 9.17) is 4.74 Å². The number of fused-ring (bicyclic) bond motifs is 1. The topological polar surface area (TPSA) is 88.9 Å². The van der Waals surface area contributed by atoms with Gasteiger partial charge >= 0.3 is 0 Å². The van der Waals surface area contributed by atoms with Crippen molar-refractivity contribution in [3.63, 3.8) is 0 Å². The summed E-state index contributed by atoms with van der Waals surface area (Å²) >= 11 is 0. The molecule has 0 saturated carbocycles. The standard InChI is InChI=1S/C28H27FN6O2/c1-19-3-8-22-14-23(28(36)30-26(22)13-19)17-34(15-20-6-11-25(37-2)12-7-20)18-27-31-32-33-35(27)16-21-4-9-24(29)10-5-21/h3-14H,15-18H2,1-2H3,(H,30,36). The summed E-state index contributed by atoms with van der Waals surface area (Å²) in [4.78, 5) is 18.1. The average Bonchev–Trinajstić information content (AvgIpc) is 3.32. The van der Waals surface area contributed by atoms with E-state index in [-0.39, 0.29) is 11.4 Å². The van der Waals surface area contributed by atoms with Gasteiger partial charge in [0, 0.05) is 24.2 Å². The molecule has 5 aromatic rings. The Morgan fingerprint density at radius 3 is 2.46 bits per heavy atom. The SMILES string of the molecule is COc1ccc(CN(Cc2cc3ccc(C)cc3[nH]c2=O)Cc2nnnn2Cc2ccc(F)cc2)cc1. The van der Waals surface area contributed by atoms with Crippen LogP contribution in [0.5, 0.6) is 5.75 Å². The molecule has 0 fully saturated rings. The fourth-order valence-corrected chi connectivity index (χ4v) is 4.30. The van der Waals surface area contributed by atoms with E-state index in [1.54, 1.807) is 23.9 Å². The Bertz CT molecular complexity index is 1560. The molecular formula is C28H27FN6O2. The molecule has 0 unspecified atom stereocenters. The van der Waals surface area contributed by atoms with Crippen molar-refractivity contribution >= 4 is 10.9 Å². The van der Waals surface area contributed by atoms with Crippen LogP contribution in [0.1, 0.15) is 28.1 Å². The van der Waals surface area contributed by atoms with Crippen LogP contribution in [0.15, 0.2) is 77.6 Å². The van der Waals surface area contributed by atoms with Gasteiger partial charge in [-0.1, -0.05) is 36.4 Å². The summed E-state index contributed by atoms with van der Waals surface area (Å²) in [5.74, 6) is 1.13. The Morgan fingerprint density at radius 2 is 1.70 bits per heavy atom. The maximum atomic E-state index is 13.3. The summed E-state index contributed by atoms with van der Waals surface area (Å²) in [5, 5.41) is 13.2. The number of aromatic amines is 1. The van der Waals surface area contributed by atoms with E-state index in [9.17, 15) is 9.18 Å². The van der Waals surface area contributed by atoms with Crippen LogP contribution < -0.4 is 10.3 Å². The predicted octanol–water partition coefficient (Wildman–Crippen LogP) is 4.22. The lowest BCUT2D eigenvalue weighted by Gasteiger charge is -2.22. The number of tetrazole rings is 1. The molecule has 0 radical (unpaired) electrons. The summed E-state index contributed by atoms with van der Waals surface area (Å²) in [6.45, 7) is 3.78. The quantitative estimate of drug-likeness (QED) is 0.327. The van der Waals surface area contributed by atoms with Gasteiger partial charge in [0.15, 0.2) is 5.82 Å². The van der Waals surface area contributed by atoms with Gasteiger partial charge in [0.1, 0.15) is 11.6 Å². The van der Waals surface area contributed by atoms with Gasteiger partial charge in [0.05, 0.1) is 20.2 Å². The highest BCUT2D eigenvalue weighted by atomic mass is 19.1. The van der Waals surface area contributed by atoms with Gasteiger partial charge in [-0.3, -0.25) is 9.69 Å². The van der Waals surface area contributed by atoms with Crippen molar-refractivity contribution in [3.8, 4) is 5.75 Å². The van der Waals surface area contributed by atoms with E-state index in [1.165, 1.54) is 12.1 Å². The van der Waals surface area contributed by atoms with Crippen LogP contribution in [0.2, 0.25) is 0 Å². The molecular weight excluding hydrogens is 471 g/mol. The van der Waals surface area contributed by atoms with Crippen LogP contribution in [-0.2, 0) is 26.2 Å². The number of benzene rings is 3. The van der Waals surface area contributed by atoms with Crippen molar-refractivity contribution in [1.29, 1.82) is 0 Å². The molecule has 0 amide bonds. The van der Waals surface area contributed by atoms with Gasteiger partial charge in [-0.25, -0.2) is 9.07 Å². The highest BCUT2D eigenvalue weighted by molar-refractivity contribution is 5.79. The van der Waals surface area contributed by atoms with Gasteiger partial charge in [-0.15, -0.1) is 5.10 Å². The summed E-state index contributed by atoms with van der Waals surface area (Å²) in [6.07, 6.45) is 0. The number of ether oxygens (including phenoxy) is 1. The van der Waals surface area contributed by atoms with Crippen LogP contribution in [0, 0.1) is 12.7 Å². The molecule has 0 aliphatic rings. The molecule has 1 N–H and O–H groups in total. The number of nitrogens with one attached hydrogen (secondary N) is 1. The van der Waals surface area contributed by atoms with Gasteiger partial charge in [0.2, 0.25) is 0 Å². The second kappa shape index (κ2) is 10.7. The van der Waals surface area contributed by atoms with Crippen LogP contribution in [0.4, 0.5) is 4.39 Å². The molecule has 188 valence electrons. The summed E-state index contributed by atoms with van der Waals surface area (Å²) in [6, 6.07) is 22.1. The molecule has 2 heterocycles. The van der Waals surface area contributed by atoms with Crippen LogP contribution in [-0.4, -0.2) is 37.2 Å². The summed E-state index contributed by atoms with van der Waals surface area (Å²) in [5.41, 5.74) is 4.39. The first-order valence-electron chi connectivity index (χ1n) is 11.9. The second-order valence-corrected chi connectivity index (χ2v) is 9.09. The minimum atomic E-state index is -0.290. The second-order valence-electron chi connectivity index (χ2n) is 9.09. The number of rotatable bonds is 9. The van der Waals surface area contributed by atoms with Crippen LogP contribution >= 0.6 is 0 Å². The van der Waals surface area contributed by atoms with E-state index in [0.717, 1.165) is 33.3 Å². The molecule has 0 bridgehead atoms. The Kier molecular flexibility index (Phi) is 7.04. The lowest BCUT2D eigenvalue weighted by Crippen LogP contribution is -2.28. The first-order chi connectivity index (χ1) is 18.0. The van der Waals surface area contributed by atoms with Crippen molar-refractivity contribution in [2.24, 2.45) is 0 Å². The van der Waals surface area contributed by atoms with Gasteiger partial charge in [-0.05, 0) is 75.8 Å². The van der Waals surface area contributed by atoms with E-state index < -0.39 is 0 Å². The van der Waals surface area contributed by atoms with E-state index in [2.05, 4.69) is 25.4 Å². The van der Waals surface area contributed by atoms with Crippen molar-refractivity contribution in [2.45, 2.75) is 33.1 Å². The van der Waals surface area contributed by atoms with Gasteiger partial charge < -0.3 is 9.72 Å². The van der Waals surface area contributed by atoms with E-state index >= 15 is 0 Å². The van der Waals surface area contributed by atoms with E-state index in [0.29, 0.717) is 37.6 Å². The Morgan fingerprint density at radius 1 is 0.946 bits per heavy atom. The molecule has 2 aromatic heterocycles. The third kappa shape index (κ3) is 5.90. The zero-order valence-electron chi connectivity index (χ0n) is 20.7. The van der Waals surface area contributed by atoms with Crippen LogP contribution in [0.25, 0.3) is 10.9 Å². The number of hydrogen-bond acceptors (Lipinski definition) is 6. The summed E-state index contributed by atoms with van der Waals surface area (Å²) < 4.78 is 20.3. The Labute approximate surface area is 213 Å². The number of nitrogens with zero attached hydrogens (tertiary/aromatic N) is 5. The number of aryl methyl sites for hydroxylation is 1. The fraction of sp³-hybridized carbons (Fsp3) is 0.214. The first-order valence-corrected chi connectivity index (χ1v) is 11.9. The lowest BCUT2D eigenvalue weighted by molar-refractivity contribution is 0.236. The molecule has 0 aliphatic carbocycles. The summed E-state index contributed by atoms with van der Waals surface area (Å²) in [7, 11) is 1.63. The van der Waals surface area contributed by atoms with Crippen LogP contribution in [0.3, 0.4) is 0 Å². The van der Waals surface area contributed by atoms with Gasteiger partial charge in [0.25, 0.3) is 5.56 Å². The smallest absolute Gasteiger partial charge is 0.252 e. The first kappa shape index (κ1) is 24.3. The van der Waals surface area contributed by atoms with Crippen molar-refractivity contribution in [2.75, 3.05) is 7.11 Å². The molecule has 0 atom stereocenters. The molecule has 5 rings (SSSR count). The predicted molar refractivity (Wildman–Crippen MR) is 139 cm³/mol. The highest BCUT2D eigenvalue weighted by Gasteiger charge is 2.16.